The Bertz CT molecular complexity index is 457. The number of carbonyl (C=O) groups is 2. The Labute approximate surface area is 117 Å². The molecule has 5 heteroatoms. The van der Waals surface area contributed by atoms with Crippen LogP contribution in [0.3, 0.4) is 0 Å². The van der Waals surface area contributed by atoms with E-state index < -0.39 is 5.97 Å². The molecule has 1 aromatic carbocycles. The smallest absolute Gasteiger partial charge is 0.305 e. The molecule has 0 aliphatic heterocycles. The second kappa shape index (κ2) is 7.79. The summed E-state index contributed by atoms with van der Waals surface area (Å²) in [5.41, 5.74) is 0.407. The summed E-state index contributed by atoms with van der Waals surface area (Å²) in [6, 6.07) is 4.90. The minimum absolute atomic E-state index is 0.0507. The summed E-state index contributed by atoms with van der Waals surface area (Å²) >= 11 is 5.89. The van der Waals surface area contributed by atoms with E-state index in [1.807, 2.05) is 6.92 Å². The van der Waals surface area contributed by atoms with Gasteiger partial charge in [-0.05, 0) is 24.6 Å². The fourth-order valence-corrected chi connectivity index (χ4v) is 1.68. The zero-order valence-corrected chi connectivity index (χ0v) is 11.8. The molecule has 19 heavy (non-hydrogen) atoms. The number of hydrogen-bond acceptors (Lipinski definition) is 4. The van der Waals surface area contributed by atoms with Gasteiger partial charge in [0, 0.05) is 11.4 Å². The van der Waals surface area contributed by atoms with E-state index in [1.165, 1.54) is 7.11 Å². The van der Waals surface area contributed by atoms with Crippen molar-refractivity contribution in [1.29, 1.82) is 0 Å². The minimum atomic E-state index is -0.411. The van der Waals surface area contributed by atoms with E-state index in [4.69, 9.17) is 16.3 Å². The molecule has 0 aromatic heterocycles. The number of hydrogen-bond donors (Lipinski definition) is 0. The lowest BCUT2D eigenvalue weighted by Gasteiger charge is -2.10. The Morgan fingerprint density at radius 1 is 1.26 bits per heavy atom. The standard InChI is InChI=1S/C14H17ClO4/c1-3-8-19-13-6-4-10(15)9-11(13)12(16)5-7-14(17)18-2/h4,6,9H,3,5,7-8H2,1-2H3. The number of ketones is 1. The van der Waals surface area contributed by atoms with E-state index in [1.54, 1.807) is 18.2 Å². The summed E-state index contributed by atoms with van der Waals surface area (Å²) in [7, 11) is 1.29. The van der Waals surface area contributed by atoms with Gasteiger partial charge in [0.2, 0.25) is 0 Å². The van der Waals surface area contributed by atoms with Crippen LogP contribution in [0.5, 0.6) is 5.75 Å². The van der Waals surface area contributed by atoms with E-state index in [-0.39, 0.29) is 18.6 Å². The van der Waals surface area contributed by atoms with Gasteiger partial charge in [0.25, 0.3) is 0 Å². The van der Waals surface area contributed by atoms with Crippen molar-refractivity contribution in [2.45, 2.75) is 26.2 Å². The van der Waals surface area contributed by atoms with Crippen molar-refractivity contribution in [3.05, 3.63) is 28.8 Å². The van der Waals surface area contributed by atoms with Crippen LogP contribution in [0, 0.1) is 0 Å². The summed E-state index contributed by atoms with van der Waals surface area (Å²) in [4.78, 5) is 23.1. The van der Waals surface area contributed by atoms with Crippen molar-refractivity contribution in [3.63, 3.8) is 0 Å². The van der Waals surface area contributed by atoms with Crippen molar-refractivity contribution in [3.8, 4) is 5.75 Å². The van der Waals surface area contributed by atoms with Crippen molar-refractivity contribution < 1.29 is 19.1 Å². The van der Waals surface area contributed by atoms with Crippen molar-refractivity contribution in [1.82, 2.24) is 0 Å². The highest BCUT2D eigenvalue weighted by Crippen LogP contribution is 2.25. The van der Waals surface area contributed by atoms with Gasteiger partial charge in [0.05, 0.1) is 25.7 Å². The molecule has 0 fully saturated rings. The highest BCUT2D eigenvalue weighted by Gasteiger charge is 2.15. The number of methoxy groups -OCH3 is 1. The first-order valence-corrected chi connectivity index (χ1v) is 6.48. The predicted molar refractivity (Wildman–Crippen MR) is 72.8 cm³/mol. The summed E-state index contributed by atoms with van der Waals surface area (Å²) in [5.74, 6) is -0.0912. The number of Topliss-reactive ketones (excluding diaryl/α,β-unsaturated/α-hetero) is 1. The summed E-state index contributed by atoms with van der Waals surface area (Å²) < 4.78 is 10.0. The first kappa shape index (κ1) is 15.5. The van der Waals surface area contributed by atoms with Crippen LogP contribution < -0.4 is 4.74 Å². The van der Waals surface area contributed by atoms with Crippen molar-refractivity contribution in [2.24, 2.45) is 0 Å². The van der Waals surface area contributed by atoms with Gasteiger partial charge in [-0.3, -0.25) is 9.59 Å². The van der Waals surface area contributed by atoms with Crippen molar-refractivity contribution in [2.75, 3.05) is 13.7 Å². The zero-order valence-electron chi connectivity index (χ0n) is 11.1. The molecule has 0 aliphatic carbocycles. The molecular formula is C14H17ClO4. The van der Waals surface area contributed by atoms with Crippen LogP contribution in [0.4, 0.5) is 0 Å². The molecule has 0 heterocycles. The molecule has 0 atom stereocenters. The molecule has 104 valence electrons. The Kier molecular flexibility index (Phi) is 6.36. The largest absolute Gasteiger partial charge is 0.493 e. The number of rotatable bonds is 7. The molecule has 1 rings (SSSR count). The summed E-state index contributed by atoms with van der Waals surface area (Å²) in [5, 5.41) is 0.463. The van der Waals surface area contributed by atoms with Gasteiger partial charge in [-0.2, -0.15) is 0 Å². The third-order valence-electron chi connectivity index (χ3n) is 2.49. The number of esters is 1. The molecule has 0 N–H and O–H groups in total. The fraction of sp³-hybridized carbons (Fsp3) is 0.429. The first-order valence-electron chi connectivity index (χ1n) is 6.10. The van der Waals surface area contributed by atoms with E-state index in [0.717, 1.165) is 6.42 Å². The molecular weight excluding hydrogens is 268 g/mol. The van der Waals surface area contributed by atoms with Gasteiger partial charge in [-0.1, -0.05) is 18.5 Å². The quantitative estimate of drug-likeness (QED) is 0.570. The molecule has 0 saturated heterocycles. The molecule has 0 unspecified atom stereocenters. The first-order chi connectivity index (χ1) is 9.08. The maximum Gasteiger partial charge on any atom is 0.305 e. The van der Waals surface area contributed by atoms with Gasteiger partial charge in [0.1, 0.15) is 5.75 Å². The van der Waals surface area contributed by atoms with Gasteiger partial charge in [-0.15, -0.1) is 0 Å². The molecule has 0 aliphatic rings. The van der Waals surface area contributed by atoms with Crippen molar-refractivity contribution >= 4 is 23.4 Å². The van der Waals surface area contributed by atoms with Crippen LogP contribution in [0.2, 0.25) is 5.02 Å². The molecule has 0 saturated carbocycles. The second-order valence-corrected chi connectivity index (χ2v) is 4.42. The summed E-state index contributed by atoms with van der Waals surface area (Å²) in [6.07, 6.45) is 0.975. The van der Waals surface area contributed by atoms with E-state index in [9.17, 15) is 9.59 Å². The number of benzene rings is 1. The Balaban J connectivity index is 2.81. The Hall–Kier alpha value is -1.55. The average Bonchev–Trinajstić information content (AvgIpc) is 2.42. The van der Waals surface area contributed by atoms with E-state index in [2.05, 4.69) is 4.74 Å². The van der Waals surface area contributed by atoms with Crippen LogP contribution in [0.15, 0.2) is 18.2 Å². The molecule has 4 nitrogen and oxygen atoms in total. The molecule has 1 aromatic rings. The zero-order chi connectivity index (χ0) is 14.3. The highest BCUT2D eigenvalue weighted by molar-refractivity contribution is 6.31. The SMILES string of the molecule is CCCOc1ccc(Cl)cc1C(=O)CCC(=O)OC. The number of ether oxygens (including phenoxy) is 2. The normalized spacial score (nSPS) is 10.1. The van der Waals surface area contributed by atoms with Crippen LogP contribution in [-0.2, 0) is 9.53 Å². The van der Waals surface area contributed by atoms with Gasteiger partial charge < -0.3 is 9.47 Å². The van der Waals surface area contributed by atoms with Crippen LogP contribution >= 0.6 is 11.6 Å². The highest BCUT2D eigenvalue weighted by atomic mass is 35.5. The van der Waals surface area contributed by atoms with Gasteiger partial charge >= 0.3 is 5.97 Å². The summed E-state index contributed by atoms with van der Waals surface area (Å²) in [6.45, 7) is 2.51. The average molecular weight is 285 g/mol. The lowest BCUT2D eigenvalue weighted by molar-refractivity contribution is -0.140. The van der Waals surface area contributed by atoms with Gasteiger partial charge in [0.15, 0.2) is 5.78 Å². The van der Waals surface area contributed by atoms with Crippen LogP contribution in [0.1, 0.15) is 36.5 Å². The lowest BCUT2D eigenvalue weighted by Crippen LogP contribution is -2.08. The Morgan fingerprint density at radius 3 is 2.63 bits per heavy atom. The maximum absolute atomic E-state index is 12.1. The second-order valence-electron chi connectivity index (χ2n) is 3.99. The van der Waals surface area contributed by atoms with E-state index in [0.29, 0.717) is 22.9 Å². The molecule has 0 amide bonds. The monoisotopic (exact) mass is 284 g/mol. The predicted octanol–water partition coefficient (Wildman–Crippen LogP) is 3.26. The van der Waals surface area contributed by atoms with E-state index >= 15 is 0 Å². The molecule has 0 radical (unpaired) electrons. The Morgan fingerprint density at radius 2 is 2.00 bits per heavy atom. The number of halogens is 1. The van der Waals surface area contributed by atoms with Crippen LogP contribution in [0.25, 0.3) is 0 Å². The maximum atomic E-state index is 12.1. The fourth-order valence-electron chi connectivity index (χ4n) is 1.51. The minimum Gasteiger partial charge on any atom is -0.493 e. The molecule has 0 spiro atoms. The topological polar surface area (TPSA) is 52.6 Å². The number of carbonyl (C=O) groups excluding carboxylic acids is 2. The molecule has 0 bridgehead atoms. The third-order valence-corrected chi connectivity index (χ3v) is 2.72. The third kappa shape index (κ3) is 4.91. The lowest BCUT2D eigenvalue weighted by atomic mass is 10.1. The van der Waals surface area contributed by atoms with Crippen LogP contribution in [-0.4, -0.2) is 25.5 Å². The van der Waals surface area contributed by atoms with Gasteiger partial charge in [-0.25, -0.2) is 0 Å².